The minimum absolute atomic E-state index is 0.112. The Balaban J connectivity index is 2.77. The van der Waals surface area contributed by atoms with E-state index in [4.69, 9.17) is 0 Å². The van der Waals surface area contributed by atoms with Gasteiger partial charge in [0.2, 0.25) is 5.91 Å². The van der Waals surface area contributed by atoms with E-state index in [2.05, 4.69) is 10.3 Å². The third-order valence-electron chi connectivity index (χ3n) is 3.61. The molecular weight excluding hydrogens is 336 g/mol. The van der Waals surface area contributed by atoms with Crippen LogP contribution < -0.4 is 5.32 Å². The molecule has 26 heavy (non-hydrogen) atoms. The van der Waals surface area contributed by atoms with Gasteiger partial charge >= 0.3 is 5.97 Å². The summed E-state index contributed by atoms with van der Waals surface area (Å²) in [5.41, 5.74) is 0.558. The van der Waals surface area contributed by atoms with Crippen molar-refractivity contribution in [1.29, 1.82) is 0 Å². The first-order valence-corrected chi connectivity index (χ1v) is 8.21. The molecule has 0 saturated heterocycles. The molecule has 0 spiro atoms. The van der Waals surface area contributed by atoms with E-state index in [1.54, 1.807) is 26.0 Å². The van der Waals surface area contributed by atoms with Crippen LogP contribution in [0.1, 0.15) is 24.3 Å². The van der Waals surface area contributed by atoms with Gasteiger partial charge in [0.05, 0.1) is 11.9 Å². The van der Waals surface area contributed by atoms with Crippen LogP contribution in [0.2, 0.25) is 0 Å². The first-order valence-electron chi connectivity index (χ1n) is 8.21. The molecule has 0 fully saturated rings. The number of carbonyl (C=O) groups excluding carboxylic acids is 2. The molecule has 1 aromatic heterocycles. The smallest absolute Gasteiger partial charge is 0.326 e. The van der Waals surface area contributed by atoms with Crippen molar-refractivity contribution in [3.63, 3.8) is 0 Å². The molecule has 8 nitrogen and oxygen atoms in total. The third-order valence-corrected chi connectivity index (χ3v) is 3.61. The van der Waals surface area contributed by atoms with Crippen molar-refractivity contribution >= 4 is 23.5 Å². The second kappa shape index (κ2) is 9.67. The van der Waals surface area contributed by atoms with Gasteiger partial charge < -0.3 is 20.2 Å². The number of nitrogens with zero attached hydrogens (tertiary/aromatic N) is 3. The summed E-state index contributed by atoms with van der Waals surface area (Å²) in [6.07, 6.45) is 4.52. The number of carboxylic acid groups (broad SMARTS) is 1. The highest BCUT2D eigenvalue weighted by molar-refractivity contribution is 5.99. The van der Waals surface area contributed by atoms with E-state index >= 15 is 0 Å². The second-order valence-electron chi connectivity index (χ2n) is 6.53. The molecule has 0 bridgehead atoms. The van der Waals surface area contributed by atoms with Gasteiger partial charge in [0.1, 0.15) is 11.7 Å². The van der Waals surface area contributed by atoms with Crippen LogP contribution in [0.5, 0.6) is 0 Å². The topological polar surface area (TPSA) is 103 Å². The summed E-state index contributed by atoms with van der Waals surface area (Å²) in [6.45, 7) is 4.11. The van der Waals surface area contributed by atoms with Crippen molar-refractivity contribution < 1.29 is 19.5 Å². The van der Waals surface area contributed by atoms with E-state index in [0.29, 0.717) is 12.2 Å². The average molecular weight is 362 g/mol. The Morgan fingerprint density at radius 2 is 1.88 bits per heavy atom. The number of nitrogens with one attached hydrogen (secondary N) is 1. The monoisotopic (exact) mass is 362 g/mol. The van der Waals surface area contributed by atoms with Crippen molar-refractivity contribution in [2.45, 2.75) is 19.9 Å². The predicted octanol–water partition coefficient (Wildman–Crippen LogP) is 1.32. The lowest BCUT2D eigenvalue weighted by molar-refractivity contribution is -0.143. The number of anilines is 1. The van der Waals surface area contributed by atoms with Crippen LogP contribution >= 0.6 is 0 Å². The molecule has 1 rings (SSSR count). The Hall–Kier alpha value is -2.74. The van der Waals surface area contributed by atoms with Crippen LogP contribution in [-0.2, 0) is 9.59 Å². The van der Waals surface area contributed by atoms with Crippen LogP contribution in [0.25, 0.3) is 0 Å². The van der Waals surface area contributed by atoms with Gasteiger partial charge in [0, 0.05) is 19.7 Å². The minimum Gasteiger partial charge on any atom is -0.480 e. The maximum Gasteiger partial charge on any atom is 0.326 e. The number of likely N-dealkylation sites (N-methyl/N-ethyl adjacent to an activating group) is 2. The lowest BCUT2D eigenvalue weighted by Crippen LogP contribution is -2.45. The molecule has 2 N–H and O–H groups in total. The molecule has 1 unspecified atom stereocenters. The van der Waals surface area contributed by atoms with Crippen LogP contribution in [0.4, 0.5) is 5.69 Å². The molecule has 0 aliphatic heterocycles. The number of pyridine rings is 1. The summed E-state index contributed by atoms with van der Waals surface area (Å²) in [5.74, 6) is -2.09. The summed E-state index contributed by atoms with van der Waals surface area (Å²) >= 11 is 0. The number of hydrogen-bond acceptors (Lipinski definition) is 5. The summed E-state index contributed by atoms with van der Waals surface area (Å²) in [7, 11) is 5.23. The van der Waals surface area contributed by atoms with E-state index in [9.17, 15) is 19.5 Å². The lowest BCUT2D eigenvalue weighted by Gasteiger charge is -2.27. The molecule has 2 amide bonds. The van der Waals surface area contributed by atoms with Crippen molar-refractivity contribution in [3.8, 4) is 0 Å². The van der Waals surface area contributed by atoms with Gasteiger partial charge in [-0.1, -0.05) is 19.9 Å². The first kappa shape index (κ1) is 21.3. The van der Waals surface area contributed by atoms with Crippen LogP contribution in [0.3, 0.4) is 0 Å². The number of hydrogen-bond donors (Lipinski definition) is 2. The maximum atomic E-state index is 12.4. The van der Waals surface area contributed by atoms with E-state index in [1.807, 2.05) is 19.0 Å². The van der Waals surface area contributed by atoms with Crippen molar-refractivity contribution in [2.75, 3.05) is 33.0 Å². The summed E-state index contributed by atoms with van der Waals surface area (Å²) in [5, 5.41) is 11.9. The van der Waals surface area contributed by atoms with Gasteiger partial charge in [-0.2, -0.15) is 0 Å². The SMILES string of the molecule is CC(C)C(C(=O)O)N(C)C(=O)c1ccc(NC(=O)/C=C/CN(C)C)cn1. The van der Waals surface area contributed by atoms with Gasteiger partial charge in [-0.05, 0) is 32.1 Å². The molecule has 0 saturated carbocycles. The number of aromatic nitrogens is 1. The number of carboxylic acids is 1. The van der Waals surface area contributed by atoms with Gasteiger partial charge in [-0.15, -0.1) is 0 Å². The first-order chi connectivity index (χ1) is 12.1. The molecule has 1 heterocycles. The molecule has 0 aliphatic carbocycles. The third kappa shape index (κ3) is 6.29. The van der Waals surface area contributed by atoms with Gasteiger partial charge in [0.15, 0.2) is 0 Å². The molecular formula is C18H26N4O4. The largest absolute Gasteiger partial charge is 0.480 e. The number of aliphatic carboxylic acids is 1. The van der Waals surface area contributed by atoms with Gasteiger partial charge in [-0.25, -0.2) is 9.78 Å². The van der Waals surface area contributed by atoms with Gasteiger partial charge in [0.25, 0.3) is 5.91 Å². The highest BCUT2D eigenvalue weighted by Gasteiger charge is 2.30. The zero-order valence-corrected chi connectivity index (χ0v) is 15.8. The fraction of sp³-hybridized carbons (Fsp3) is 0.444. The zero-order valence-electron chi connectivity index (χ0n) is 15.8. The van der Waals surface area contributed by atoms with E-state index in [0.717, 1.165) is 4.90 Å². The predicted molar refractivity (Wildman–Crippen MR) is 98.9 cm³/mol. The zero-order chi connectivity index (χ0) is 19.9. The molecule has 1 aromatic rings. The van der Waals surface area contributed by atoms with Crippen molar-refractivity contribution in [3.05, 3.63) is 36.2 Å². The van der Waals surface area contributed by atoms with Crippen molar-refractivity contribution in [1.82, 2.24) is 14.8 Å². The van der Waals surface area contributed by atoms with Crippen molar-refractivity contribution in [2.24, 2.45) is 5.92 Å². The Bertz CT molecular complexity index is 668. The fourth-order valence-corrected chi connectivity index (χ4v) is 2.35. The molecule has 0 aromatic carbocycles. The maximum absolute atomic E-state index is 12.4. The molecule has 0 radical (unpaired) electrons. The average Bonchev–Trinajstić information content (AvgIpc) is 2.53. The Morgan fingerprint density at radius 1 is 1.23 bits per heavy atom. The second-order valence-corrected chi connectivity index (χ2v) is 6.53. The standard InChI is InChI=1S/C18H26N4O4/c1-12(2)16(18(25)26)22(5)17(24)14-9-8-13(11-19-14)20-15(23)7-6-10-21(3)4/h6-9,11-12,16H,10H2,1-5H3,(H,20,23)(H,25,26)/b7-6+. The lowest BCUT2D eigenvalue weighted by atomic mass is 10.0. The van der Waals surface area contributed by atoms with Crippen LogP contribution in [0, 0.1) is 5.92 Å². The molecule has 0 aliphatic rings. The van der Waals surface area contributed by atoms with Gasteiger partial charge in [-0.3, -0.25) is 9.59 Å². The summed E-state index contributed by atoms with van der Waals surface area (Å²) in [4.78, 5) is 42.7. The van der Waals surface area contributed by atoms with E-state index in [1.165, 1.54) is 25.4 Å². The molecule has 8 heteroatoms. The number of rotatable bonds is 8. The summed E-state index contributed by atoms with van der Waals surface area (Å²) in [6, 6.07) is 2.07. The minimum atomic E-state index is -1.07. The Kier molecular flexibility index (Phi) is 7.92. The normalized spacial score (nSPS) is 12.4. The quantitative estimate of drug-likeness (QED) is 0.676. The molecule has 1 atom stereocenters. The Labute approximate surface area is 153 Å². The van der Waals surface area contributed by atoms with Crippen LogP contribution in [-0.4, -0.2) is 71.4 Å². The van der Waals surface area contributed by atoms with E-state index < -0.39 is 17.9 Å². The summed E-state index contributed by atoms with van der Waals surface area (Å²) < 4.78 is 0. The number of amides is 2. The highest BCUT2D eigenvalue weighted by Crippen LogP contribution is 2.14. The fourth-order valence-electron chi connectivity index (χ4n) is 2.35. The highest BCUT2D eigenvalue weighted by atomic mass is 16.4. The van der Waals surface area contributed by atoms with Crippen LogP contribution in [0.15, 0.2) is 30.5 Å². The Morgan fingerprint density at radius 3 is 2.35 bits per heavy atom. The van der Waals surface area contributed by atoms with E-state index in [-0.39, 0.29) is 17.5 Å². The number of carbonyl (C=O) groups is 3. The molecule has 142 valence electrons.